The summed E-state index contributed by atoms with van der Waals surface area (Å²) in [5, 5.41) is 13.0. The molecule has 0 fully saturated rings. The zero-order valence-electron chi connectivity index (χ0n) is 15.1. The maximum Gasteiger partial charge on any atom is 0.305 e. The second-order valence-corrected chi connectivity index (χ2v) is 7.06. The molecule has 0 saturated heterocycles. The van der Waals surface area contributed by atoms with Crippen molar-refractivity contribution in [2.45, 2.75) is 46.1 Å². The van der Waals surface area contributed by atoms with Gasteiger partial charge in [0, 0.05) is 23.3 Å². The highest BCUT2D eigenvalue weighted by molar-refractivity contribution is 5.40. The molecule has 0 radical (unpaired) electrons. The van der Waals surface area contributed by atoms with Crippen LogP contribution in [0.15, 0.2) is 43.0 Å². The van der Waals surface area contributed by atoms with Crippen molar-refractivity contribution in [3.05, 3.63) is 59.9 Å². The third-order valence-electron chi connectivity index (χ3n) is 4.76. The van der Waals surface area contributed by atoms with Crippen LogP contribution in [0.3, 0.4) is 0 Å². The molecule has 0 spiro atoms. The summed E-state index contributed by atoms with van der Waals surface area (Å²) in [7, 11) is 0. The first-order chi connectivity index (χ1) is 12.0. The van der Waals surface area contributed by atoms with Crippen LogP contribution in [0.2, 0.25) is 0 Å². The van der Waals surface area contributed by atoms with Gasteiger partial charge in [0.25, 0.3) is 0 Å². The Kier molecular flexibility index (Phi) is 3.75. The summed E-state index contributed by atoms with van der Waals surface area (Å²) in [5.41, 5.74) is 4.43. The average Bonchev–Trinajstić information content (AvgIpc) is 3.16. The van der Waals surface area contributed by atoms with Crippen LogP contribution in [0.1, 0.15) is 49.6 Å². The standard InChI is InChI=1S/C19H23N6/c1-13(2)16-5-8-19-22-24(12-23(19)10-16)9-14(3)17-6-7-18-21-20-15(4)25(18)11-17/h5-8,10-14H,9H2,1-4H3/q+1. The van der Waals surface area contributed by atoms with E-state index in [4.69, 9.17) is 5.10 Å². The molecule has 6 nitrogen and oxygen atoms in total. The number of aromatic nitrogens is 6. The number of fused-ring (bicyclic) bond motifs is 2. The predicted molar refractivity (Wildman–Crippen MR) is 95.6 cm³/mol. The third-order valence-corrected chi connectivity index (χ3v) is 4.76. The molecule has 4 heterocycles. The molecule has 4 aromatic heterocycles. The molecule has 0 amide bonds. The van der Waals surface area contributed by atoms with Gasteiger partial charge in [0.1, 0.15) is 12.4 Å². The Morgan fingerprint density at radius 3 is 2.64 bits per heavy atom. The average molecular weight is 335 g/mol. The highest BCUT2D eigenvalue weighted by Gasteiger charge is 2.16. The lowest BCUT2D eigenvalue weighted by Crippen LogP contribution is -2.19. The lowest BCUT2D eigenvalue weighted by Gasteiger charge is -2.09. The van der Waals surface area contributed by atoms with Gasteiger partial charge in [-0.05, 0) is 36.1 Å². The highest BCUT2D eigenvalue weighted by Crippen LogP contribution is 2.18. The summed E-state index contributed by atoms with van der Waals surface area (Å²) >= 11 is 0. The minimum Gasteiger partial charge on any atom is -0.286 e. The molecule has 0 bridgehead atoms. The Bertz CT molecular complexity index is 1040. The Morgan fingerprint density at radius 1 is 1.04 bits per heavy atom. The summed E-state index contributed by atoms with van der Waals surface area (Å²) in [5.74, 6) is 1.76. The van der Waals surface area contributed by atoms with Gasteiger partial charge in [-0.1, -0.05) is 26.8 Å². The number of nitrogens with zero attached hydrogens (tertiary/aromatic N) is 6. The van der Waals surface area contributed by atoms with Gasteiger partial charge in [-0.2, -0.15) is 0 Å². The van der Waals surface area contributed by atoms with Gasteiger partial charge in [0.05, 0.1) is 6.20 Å². The van der Waals surface area contributed by atoms with E-state index in [1.807, 2.05) is 22.1 Å². The van der Waals surface area contributed by atoms with Gasteiger partial charge >= 0.3 is 5.65 Å². The second kappa shape index (κ2) is 5.95. The van der Waals surface area contributed by atoms with Crippen LogP contribution in [0, 0.1) is 6.92 Å². The summed E-state index contributed by atoms with van der Waals surface area (Å²) in [6, 6.07) is 8.39. The van der Waals surface area contributed by atoms with Crippen molar-refractivity contribution in [1.29, 1.82) is 0 Å². The molecular weight excluding hydrogens is 312 g/mol. The van der Waals surface area contributed by atoms with E-state index in [0.717, 1.165) is 23.7 Å². The minimum atomic E-state index is 0.339. The van der Waals surface area contributed by atoms with Crippen LogP contribution >= 0.6 is 0 Å². The Morgan fingerprint density at radius 2 is 1.84 bits per heavy atom. The largest absolute Gasteiger partial charge is 0.305 e. The van der Waals surface area contributed by atoms with Gasteiger partial charge in [0.15, 0.2) is 5.65 Å². The zero-order valence-corrected chi connectivity index (χ0v) is 15.1. The molecule has 6 heteroatoms. The fraction of sp³-hybridized carbons (Fsp3) is 0.368. The number of rotatable bonds is 4. The van der Waals surface area contributed by atoms with E-state index in [0.29, 0.717) is 11.8 Å². The number of aryl methyl sites for hydroxylation is 1. The lowest BCUT2D eigenvalue weighted by atomic mass is 10.0. The van der Waals surface area contributed by atoms with Crippen LogP contribution < -0.4 is 4.40 Å². The molecule has 0 saturated carbocycles. The molecule has 1 unspecified atom stereocenters. The van der Waals surface area contributed by atoms with Crippen molar-refractivity contribution in [1.82, 2.24) is 24.4 Å². The smallest absolute Gasteiger partial charge is 0.286 e. The van der Waals surface area contributed by atoms with E-state index in [1.54, 1.807) is 0 Å². The predicted octanol–water partition coefficient (Wildman–Crippen LogP) is 2.90. The Labute approximate surface area is 146 Å². The SMILES string of the molecule is Cc1nnc2ccc(C(C)Cn3c[n+]4cc(C(C)C)ccc4n3)cn12. The zero-order chi connectivity index (χ0) is 17.6. The van der Waals surface area contributed by atoms with E-state index < -0.39 is 0 Å². The Balaban J connectivity index is 1.61. The molecule has 4 rings (SSSR count). The molecule has 0 aliphatic heterocycles. The molecule has 4 aromatic rings. The van der Waals surface area contributed by atoms with Crippen LogP contribution in [0.4, 0.5) is 0 Å². The normalized spacial score (nSPS) is 13.2. The maximum absolute atomic E-state index is 4.70. The molecule has 1 atom stereocenters. The van der Waals surface area contributed by atoms with Crippen LogP contribution in [-0.2, 0) is 6.54 Å². The van der Waals surface area contributed by atoms with Crippen molar-refractivity contribution >= 4 is 11.3 Å². The molecule has 128 valence electrons. The van der Waals surface area contributed by atoms with E-state index in [-0.39, 0.29) is 0 Å². The minimum absolute atomic E-state index is 0.339. The van der Waals surface area contributed by atoms with Gasteiger partial charge in [-0.3, -0.25) is 4.40 Å². The second-order valence-electron chi connectivity index (χ2n) is 7.06. The quantitative estimate of drug-likeness (QED) is 0.539. The van der Waals surface area contributed by atoms with E-state index >= 15 is 0 Å². The topological polar surface area (TPSA) is 52.1 Å². The van der Waals surface area contributed by atoms with Crippen molar-refractivity contribution in [2.75, 3.05) is 0 Å². The first kappa shape index (κ1) is 15.7. The summed E-state index contributed by atoms with van der Waals surface area (Å²) in [4.78, 5) is 0. The van der Waals surface area contributed by atoms with Gasteiger partial charge in [-0.25, -0.2) is 4.40 Å². The molecule has 0 aliphatic rings. The van der Waals surface area contributed by atoms with Gasteiger partial charge in [-0.15, -0.1) is 14.9 Å². The highest BCUT2D eigenvalue weighted by atomic mass is 15.3. The molecule has 25 heavy (non-hydrogen) atoms. The number of hydrogen-bond donors (Lipinski definition) is 0. The van der Waals surface area contributed by atoms with Crippen LogP contribution in [0.25, 0.3) is 11.3 Å². The summed E-state index contributed by atoms with van der Waals surface area (Å²) < 4.78 is 6.16. The maximum atomic E-state index is 4.70. The van der Waals surface area contributed by atoms with Crippen LogP contribution in [0.5, 0.6) is 0 Å². The van der Waals surface area contributed by atoms with Crippen molar-refractivity contribution < 1.29 is 4.40 Å². The van der Waals surface area contributed by atoms with E-state index in [2.05, 4.69) is 72.3 Å². The van der Waals surface area contributed by atoms with Crippen LogP contribution in [-0.4, -0.2) is 24.4 Å². The lowest BCUT2D eigenvalue weighted by molar-refractivity contribution is -0.513. The van der Waals surface area contributed by atoms with Gasteiger partial charge in [0.2, 0.25) is 6.33 Å². The molecule has 0 aromatic carbocycles. The molecule has 0 aliphatic carbocycles. The first-order valence-corrected chi connectivity index (χ1v) is 8.71. The number of pyridine rings is 2. The monoisotopic (exact) mass is 335 g/mol. The van der Waals surface area contributed by atoms with Gasteiger partial charge < -0.3 is 0 Å². The first-order valence-electron chi connectivity index (χ1n) is 8.71. The molecule has 0 N–H and O–H groups in total. The van der Waals surface area contributed by atoms with E-state index in [1.165, 1.54) is 11.1 Å². The van der Waals surface area contributed by atoms with Crippen molar-refractivity contribution in [3.8, 4) is 0 Å². The fourth-order valence-corrected chi connectivity index (χ4v) is 3.13. The van der Waals surface area contributed by atoms with E-state index in [9.17, 15) is 0 Å². The number of hydrogen-bond acceptors (Lipinski definition) is 3. The summed E-state index contributed by atoms with van der Waals surface area (Å²) in [6.07, 6.45) is 6.36. The van der Waals surface area contributed by atoms with Crippen molar-refractivity contribution in [3.63, 3.8) is 0 Å². The third kappa shape index (κ3) is 2.88. The molecular formula is C19H23N6+. The Hall–Kier alpha value is -2.76. The summed E-state index contributed by atoms with van der Waals surface area (Å²) in [6.45, 7) is 9.43. The fourth-order valence-electron chi connectivity index (χ4n) is 3.13. The van der Waals surface area contributed by atoms with Crippen molar-refractivity contribution in [2.24, 2.45) is 0 Å².